The molecule has 1 aliphatic heterocycles. The van der Waals surface area contributed by atoms with Crippen LogP contribution in [0.1, 0.15) is 77.6 Å². The molecule has 2 amide bonds. The van der Waals surface area contributed by atoms with Gasteiger partial charge in [-0.1, -0.05) is 32.9 Å². The fourth-order valence-electron chi connectivity index (χ4n) is 5.03. The highest BCUT2D eigenvalue weighted by atomic mass is 16.2. The van der Waals surface area contributed by atoms with Gasteiger partial charge >= 0.3 is 0 Å². The second kappa shape index (κ2) is 11.4. The number of likely N-dealkylation sites (tertiary alicyclic amines) is 1. The summed E-state index contributed by atoms with van der Waals surface area (Å²) in [5.74, 6) is -0.295. The monoisotopic (exact) mass is 523 g/mol. The van der Waals surface area contributed by atoms with E-state index in [1.807, 2.05) is 82.1 Å². The number of hydrogen-bond acceptors (Lipinski definition) is 5. The van der Waals surface area contributed by atoms with Crippen LogP contribution in [0.25, 0.3) is 11.1 Å². The molecule has 0 spiro atoms. The Kier molecular flexibility index (Phi) is 8.17. The summed E-state index contributed by atoms with van der Waals surface area (Å²) in [4.78, 5) is 34.9. The van der Waals surface area contributed by atoms with E-state index in [0.29, 0.717) is 22.4 Å². The normalized spacial score (nSPS) is 15.9. The van der Waals surface area contributed by atoms with Crippen LogP contribution in [0.4, 0.5) is 5.69 Å². The van der Waals surface area contributed by atoms with Crippen molar-refractivity contribution in [1.29, 1.82) is 5.26 Å². The molecule has 2 heterocycles. The summed E-state index contributed by atoms with van der Waals surface area (Å²) in [5, 5.41) is 12.4. The Morgan fingerprint density at radius 3 is 2.44 bits per heavy atom. The van der Waals surface area contributed by atoms with Gasteiger partial charge < -0.3 is 10.2 Å². The first-order valence-corrected chi connectivity index (χ1v) is 13.4. The third-order valence-corrected chi connectivity index (χ3v) is 7.48. The van der Waals surface area contributed by atoms with E-state index in [1.54, 1.807) is 12.3 Å². The van der Waals surface area contributed by atoms with Crippen LogP contribution in [-0.4, -0.2) is 53.4 Å². The minimum atomic E-state index is -0.300. The first-order chi connectivity index (χ1) is 18.5. The number of piperidine rings is 1. The number of benzene rings is 2. The molecule has 7 nitrogen and oxygen atoms in total. The highest BCUT2D eigenvalue weighted by Crippen LogP contribution is 2.28. The van der Waals surface area contributed by atoms with Crippen LogP contribution >= 0.6 is 0 Å². The number of nitrogens with zero attached hydrogens (tertiary/aromatic N) is 4. The lowest BCUT2D eigenvalue weighted by Gasteiger charge is -2.38. The van der Waals surface area contributed by atoms with E-state index in [4.69, 9.17) is 0 Å². The Labute approximate surface area is 231 Å². The second-order valence-electron chi connectivity index (χ2n) is 11.4. The molecule has 0 aliphatic carbocycles. The Hall–Kier alpha value is -4.02. The van der Waals surface area contributed by atoms with E-state index in [2.05, 4.69) is 28.3 Å². The Balaban J connectivity index is 1.54. The van der Waals surface area contributed by atoms with E-state index in [1.165, 1.54) is 6.42 Å². The zero-order valence-electron chi connectivity index (χ0n) is 23.7. The van der Waals surface area contributed by atoms with Gasteiger partial charge in [-0.25, -0.2) is 0 Å². The van der Waals surface area contributed by atoms with Crippen LogP contribution in [0, 0.1) is 18.3 Å². The van der Waals surface area contributed by atoms with E-state index in [-0.39, 0.29) is 23.4 Å². The first-order valence-electron chi connectivity index (χ1n) is 13.4. The molecule has 0 radical (unpaired) electrons. The fourth-order valence-corrected chi connectivity index (χ4v) is 5.03. The zero-order chi connectivity index (χ0) is 28.3. The number of anilines is 1. The molecule has 202 valence electrons. The molecule has 0 saturated carbocycles. The van der Waals surface area contributed by atoms with Gasteiger partial charge in [0.25, 0.3) is 11.8 Å². The van der Waals surface area contributed by atoms with E-state index in [9.17, 15) is 14.9 Å². The molecular weight excluding hydrogens is 486 g/mol. The molecule has 3 aromatic rings. The highest BCUT2D eigenvalue weighted by Gasteiger charge is 2.27. The van der Waals surface area contributed by atoms with E-state index >= 15 is 0 Å². The van der Waals surface area contributed by atoms with Gasteiger partial charge in [0.05, 0.1) is 29.7 Å². The summed E-state index contributed by atoms with van der Waals surface area (Å²) >= 11 is 0. The molecule has 1 atom stereocenters. The van der Waals surface area contributed by atoms with Gasteiger partial charge in [-0.3, -0.25) is 19.5 Å². The Morgan fingerprint density at radius 2 is 1.79 bits per heavy atom. The maximum atomic E-state index is 13.2. The summed E-state index contributed by atoms with van der Waals surface area (Å²) in [5.41, 5.74) is 5.39. The van der Waals surface area contributed by atoms with Gasteiger partial charge in [-0.05, 0) is 92.7 Å². The SMILES string of the molecule is Cc1ncc(NC(=O)c2cc(C#N)cc(C(C)(C)C)c2)cc1-c1ccc(C(=O)N(C)C2CCCCN2C)cc1. The van der Waals surface area contributed by atoms with Crippen molar-refractivity contribution in [3.63, 3.8) is 0 Å². The van der Waals surface area contributed by atoms with Crippen molar-refractivity contribution >= 4 is 17.5 Å². The Morgan fingerprint density at radius 1 is 1.08 bits per heavy atom. The molecule has 39 heavy (non-hydrogen) atoms. The third kappa shape index (κ3) is 6.35. The van der Waals surface area contributed by atoms with Gasteiger partial charge in [-0.2, -0.15) is 5.26 Å². The summed E-state index contributed by atoms with van der Waals surface area (Å²) in [6.07, 6.45) is 5.03. The molecule has 1 aromatic heterocycles. The number of rotatable bonds is 5. The van der Waals surface area contributed by atoms with Crippen molar-refractivity contribution in [3.05, 3.63) is 82.7 Å². The summed E-state index contributed by atoms with van der Waals surface area (Å²) < 4.78 is 0. The number of carbonyl (C=O) groups is 2. The largest absolute Gasteiger partial charge is 0.326 e. The molecule has 1 unspecified atom stereocenters. The van der Waals surface area contributed by atoms with Gasteiger partial charge in [0, 0.05) is 29.4 Å². The molecule has 1 N–H and O–H groups in total. The standard InChI is InChI=1S/C32H37N5O2/c1-21-28(23-10-12-24(13-11-23)31(39)37(6)29-9-7-8-14-36(29)5)18-27(20-34-21)35-30(38)25-15-22(19-33)16-26(17-25)32(2,3)4/h10-13,15-18,20,29H,7-9,14H2,1-6H3,(H,35,38). The van der Waals surface area contributed by atoms with Gasteiger partial charge in [-0.15, -0.1) is 0 Å². The van der Waals surface area contributed by atoms with Crippen molar-refractivity contribution in [2.45, 2.75) is 58.5 Å². The molecule has 2 aromatic carbocycles. The third-order valence-electron chi connectivity index (χ3n) is 7.48. The number of amides is 2. The minimum absolute atomic E-state index is 0.00499. The number of nitrogens with one attached hydrogen (secondary N) is 1. The Bertz CT molecular complexity index is 1420. The van der Waals surface area contributed by atoms with Crippen LogP contribution < -0.4 is 5.32 Å². The van der Waals surface area contributed by atoms with Crippen molar-refractivity contribution in [2.24, 2.45) is 0 Å². The molecule has 1 aliphatic rings. The number of carbonyl (C=O) groups excluding carboxylic acids is 2. The van der Waals surface area contributed by atoms with Gasteiger partial charge in [0.1, 0.15) is 0 Å². The minimum Gasteiger partial charge on any atom is -0.326 e. The van der Waals surface area contributed by atoms with Crippen molar-refractivity contribution in [1.82, 2.24) is 14.8 Å². The van der Waals surface area contributed by atoms with Gasteiger partial charge in [0.15, 0.2) is 0 Å². The maximum Gasteiger partial charge on any atom is 0.255 e. The quantitative estimate of drug-likeness (QED) is 0.444. The lowest BCUT2D eigenvalue weighted by Crippen LogP contribution is -2.49. The number of aryl methyl sites for hydroxylation is 1. The number of aromatic nitrogens is 1. The van der Waals surface area contributed by atoms with Gasteiger partial charge in [0.2, 0.25) is 0 Å². The van der Waals surface area contributed by atoms with Crippen LogP contribution in [-0.2, 0) is 5.41 Å². The van der Waals surface area contributed by atoms with E-state index in [0.717, 1.165) is 41.8 Å². The van der Waals surface area contributed by atoms with Crippen LogP contribution in [0.5, 0.6) is 0 Å². The topological polar surface area (TPSA) is 89.3 Å². The van der Waals surface area contributed by atoms with Crippen molar-refractivity contribution < 1.29 is 9.59 Å². The predicted molar refractivity (Wildman–Crippen MR) is 155 cm³/mol. The highest BCUT2D eigenvalue weighted by molar-refractivity contribution is 6.05. The average molecular weight is 524 g/mol. The van der Waals surface area contributed by atoms with Crippen molar-refractivity contribution in [2.75, 3.05) is 26.0 Å². The average Bonchev–Trinajstić information content (AvgIpc) is 2.93. The number of hydrogen-bond donors (Lipinski definition) is 1. The van der Waals surface area contributed by atoms with E-state index < -0.39 is 0 Å². The lowest BCUT2D eigenvalue weighted by molar-refractivity contribution is 0.0358. The maximum absolute atomic E-state index is 13.2. The fraction of sp³-hybridized carbons (Fsp3) is 0.375. The molecule has 1 saturated heterocycles. The van der Waals surface area contributed by atoms with Crippen LogP contribution in [0.2, 0.25) is 0 Å². The summed E-state index contributed by atoms with van der Waals surface area (Å²) in [6.45, 7) is 9.06. The molecule has 7 heteroatoms. The first kappa shape index (κ1) is 28.0. The van der Waals surface area contributed by atoms with Crippen LogP contribution in [0.3, 0.4) is 0 Å². The smallest absolute Gasteiger partial charge is 0.255 e. The summed E-state index contributed by atoms with van der Waals surface area (Å²) in [7, 11) is 3.95. The van der Waals surface area contributed by atoms with Crippen LogP contribution in [0.15, 0.2) is 54.7 Å². The number of pyridine rings is 1. The summed E-state index contributed by atoms with van der Waals surface area (Å²) in [6, 6.07) is 16.8. The van der Waals surface area contributed by atoms with Crippen molar-refractivity contribution in [3.8, 4) is 17.2 Å². The molecule has 0 bridgehead atoms. The zero-order valence-corrected chi connectivity index (χ0v) is 23.7. The number of nitriles is 1. The molecule has 4 rings (SSSR count). The lowest BCUT2D eigenvalue weighted by atomic mass is 9.85. The molecule has 1 fully saturated rings. The predicted octanol–water partition coefficient (Wildman–Crippen LogP) is 5.99. The molecular formula is C32H37N5O2. The second-order valence-corrected chi connectivity index (χ2v) is 11.4.